The lowest BCUT2D eigenvalue weighted by molar-refractivity contribution is 0.0525. The Morgan fingerprint density at radius 3 is 2.67 bits per heavy atom. The summed E-state index contributed by atoms with van der Waals surface area (Å²) >= 11 is 3.38. The number of nitrogens with one attached hydrogen (secondary N) is 1. The number of esters is 1. The number of hydrogen-bond donors (Lipinski definition) is 1. The minimum atomic E-state index is -0.562. The van der Waals surface area contributed by atoms with Gasteiger partial charge in [-0.2, -0.15) is 5.10 Å². The predicted octanol–water partition coefficient (Wildman–Crippen LogP) is 3.11. The van der Waals surface area contributed by atoms with Crippen molar-refractivity contribution in [1.29, 1.82) is 0 Å². The van der Waals surface area contributed by atoms with E-state index in [1.54, 1.807) is 20.8 Å². The molecule has 2 aromatic rings. The number of nitrogens with zero attached hydrogens (tertiary/aromatic N) is 2. The van der Waals surface area contributed by atoms with Crippen LogP contribution in [0.1, 0.15) is 31.3 Å². The maximum Gasteiger partial charge on any atom is 0.407 e. The Hall–Kier alpha value is -2.09. The molecular formula is C16H20BrN3O4. The zero-order valence-corrected chi connectivity index (χ0v) is 15.6. The molecule has 0 radical (unpaired) electrons. The maximum atomic E-state index is 12.1. The second-order valence-corrected chi connectivity index (χ2v) is 7.07. The quantitative estimate of drug-likeness (QED) is 0.801. The van der Waals surface area contributed by atoms with E-state index < -0.39 is 17.7 Å². The Bertz CT molecular complexity index is 765. The minimum absolute atomic E-state index is 0.272. The van der Waals surface area contributed by atoms with E-state index in [4.69, 9.17) is 9.47 Å². The summed E-state index contributed by atoms with van der Waals surface area (Å²) in [6, 6.07) is 5.47. The van der Waals surface area contributed by atoms with Gasteiger partial charge >= 0.3 is 12.1 Å². The number of fused-ring (bicyclic) bond motifs is 1. The number of halogens is 1. The van der Waals surface area contributed by atoms with Gasteiger partial charge in [-0.15, -0.1) is 0 Å². The summed E-state index contributed by atoms with van der Waals surface area (Å²) in [5, 5.41) is 7.73. The molecule has 8 heteroatoms. The molecule has 130 valence electrons. The number of methoxy groups -OCH3 is 1. The zero-order valence-electron chi connectivity index (χ0n) is 14.1. The fourth-order valence-corrected chi connectivity index (χ4v) is 2.52. The van der Waals surface area contributed by atoms with E-state index >= 15 is 0 Å². The van der Waals surface area contributed by atoms with Gasteiger partial charge < -0.3 is 14.8 Å². The van der Waals surface area contributed by atoms with Gasteiger partial charge in [0.15, 0.2) is 5.69 Å². The molecule has 0 spiro atoms. The van der Waals surface area contributed by atoms with Crippen LogP contribution in [0.2, 0.25) is 0 Å². The molecule has 0 aliphatic heterocycles. The lowest BCUT2D eigenvalue weighted by Gasteiger charge is -2.19. The molecule has 1 amide bonds. The molecule has 0 aliphatic rings. The van der Waals surface area contributed by atoms with E-state index in [9.17, 15) is 9.59 Å². The molecular weight excluding hydrogens is 378 g/mol. The van der Waals surface area contributed by atoms with Gasteiger partial charge in [0.2, 0.25) is 0 Å². The van der Waals surface area contributed by atoms with Crippen LogP contribution in [-0.2, 0) is 16.0 Å². The van der Waals surface area contributed by atoms with E-state index in [0.717, 1.165) is 4.47 Å². The molecule has 0 unspecified atom stereocenters. The Kier molecular flexibility index (Phi) is 5.48. The second-order valence-electron chi connectivity index (χ2n) is 6.15. The third-order valence-corrected chi connectivity index (χ3v) is 3.56. The summed E-state index contributed by atoms with van der Waals surface area (Å²) in [7, 11) is 1.32. The van der Waals surface area contributed by atoms with E-state index in [0.29, 0.717) is 23.1 Å². The molecule has 0 atom stereocenters. The van der Waals surface area contributed by atoms with Crippen LogP contribution >= 0.6 is 15.9 Å². The molecule has 1 N–H and O–H groups in total. The largest absolute Gasteiger partial charge is 0.464 e. The van der Waals surface area contributed by atoms with Crippen molar-refractivity contribution in [3.8, 4) is 0 Å². The molecule has 24 heavy (non-hydrogen) atoms. The molecule has 1 aromatic carbocycles. The van der Waals surface area contributed by atoms with Gasteiger partial charge in [-0.3, -0.25) is 4.68 Å². The maximum absolute atomic E-state index is 12.1. The Labute approximate surface area is 148 Å². The number of hydrogen-bond acceptors (Lipinski definition) is 5. The van der Waals surface area contributed by atoms with Crippen LogP contribution < -0.4 is 5.32 Å². The van der Waals surface area contributed by atoms with Crippen molar-refractivity contribution in [2.75, 3.05) is 13.7 Å². The van der Waals surface area contributed by atoms with Crippen LogP contribution in [0, 0.1) is 0 Å². The van der Waals surface area contributed by atoms with Crippen molar-refractivity contribution in [3.05, 3.63) is 28.4 Å². The van der Waals surface area contributed by atoms with Crippen LogP contribution in [0.5, 0.6) is 0 Å². The molecule has 0 saturated carbocycles. The van der Waals surface area contributed by atoms with Gasteiger partial charge in [0.25, 0.3) is 0 Å². The minimum Gasteiger partial charge on any atom is -0.464 e. The van der Waals surface area contributed by atoms with Gasteiger partial charge in [-0.1, -0.05) is 15.9 Å². The number of benzene rings is 1. The van der Waals surface area contributed by atoms with Crippen LogP contribution in [0.4, 0.5) is 4.79 Å². The standard InChI is InChI=1S/C16H20BrN3O4/c1-16(2,3)24-15(22)18-7-8-20-13(14(21)23-4)11-9-10(17)5-6-12(11)19-20/h5-6,9H,7-8H2,1-4H3,(H,18,22). The lowest BCUT2D eigenvalue weighted by atomic mass is 10.2. The highest BCUT2D eigenvalue weighted by Crippen LogP contribution is 2.23. The fourth-order valence-electron chi connectivity index (χ4n) is 2.16. The molecule has 1 heterocycles. The topological polar surface area (TPSA) is 82.5 Å². The van der Waals surface area contributed by atoms with Gasteiger partial charge in [0.1, 0.15) is 5.60 Å². The van der Waals surface area contributed by atoms with E-state index in [1.807, 2.05) is 18.2 Å². The molecule has 7 nitrogen and oxygen atoms in total. The number of aromatic nitrogens is 2. The highest BCUT2D eigenvalue weighted by Gasteiger charge is 2.20. The molecule has 0 aliphatic carbocycles. The predicted molar refractivity (Wildman–Crippen MR) is 93.0 cm³/mol. The first-order chi connectivity index (χ1) is 11.2. The Balaban J connectivity index is 2.16. The van der Waals surface area contributed by atoms with E-state index in [1.165, 1.54) is 11.8 Å². The van der Waals surface area contributed by atoms with Crippen LogP contribution in [0.3, 0.4) is 0 Å². The summed E-state index contributed by atoms with van der Waals surface area (Å²) in [5.41, 5.74) is 0.462. The van der Waals surface area contributed by atoms with Crippen molar-refractivity contribution < 1.29 is 19.1 Å². The van der Waals surface area contributed by atoms with Crippen LogP contribution in [0.25, 0.3) is 10.9 Å². The van der Waals surface area contributed by atoms with Gasteiger partial charge in [-0.25, -0.2) is 9.59 Å². The number of carbonyl (C=O) groups excluding carboxylic acids is 2. The van der Waals surface area contributed by atoms with Crippen molar-refractivity contribution in [1.82, 2.24) is 15.1 Å². The average molecular weight is 398 g/mol. The summed E-state index contributed by atoms with van der Waals surface area (Å²) in [5.74, 6) is -0.479. The van der Waals surface area contributed by atoms with Gasteiger partial charge in [-0.05, 0) is 39.0 Å². The van der Waals surface area contributed by atoms with Gasteiger partial charge in [0.05, 0.1) is 19.2 Å². The first kappa shape index (κ1) is 18.3. The Morgan fingerprint density at radius 1 is 1.33 bits per heavy atom. The van der Waals surface area contributed by atoms with Gasteiger partial charge in [0, 0.05) is 16.4 Å². The summed E-state index contributed by atoms with van der Waals surface area (Å²) in [6.07, 6.45) is -0.512. The summed E-state index contributed by atoms with van der Waals surface area (Å²) < 4.78 is 12.4. The highest BCUT2D eigenvalue weighted by atomic mass is 79.9. The van der Waals surface area contributed by atoms with Crippen molar-refractivity contribution in [3.63, 3.8) is 0 Å². The number of rotatable bonds is 4. The third-order valence-electron chi connectivity index (χ3n) is 3.07. The molecule has 2 rings (SSSR count). The first-order valence-electron chi connectivity index (χ1n) is 7.42. The number of alkyl carbamates (subject to hydrolysis) is 1. The number of carbonyl (C=O) groups is 2. The fraction of sp³-hybridized carbons (Fsp3) is 0.438. The second kappa shape index (κ2) is 7.21. The van der Waals surface area contributed by atoms with Crippen LogP contribution in [-0.4, -0.2) is 41.1 Å². The monoisotopic (exact) mass is 397 g/mol. The lowest BCUT2D eigenvalue weighted by Crippen LogP contribution is -2.34. The zero-order chi connectivity index (χ0) is 17.9. The van der Waals surface area contributed by atoms with Crippen molar-refractivity contribution >= 4 is 38.9 Å². The SMILES string of the molecule is COC(=O)c1c2cc(Br)ccc2nn1CCNC(=O)OC(C)(C)C. The van der Waals surface area contributed by atoms with E-state index in [2.05, 4.69) is 26.3 Å². The summed E-state index contributed by atoms with van der Waals surface area (Å²) in [4.78, 5) is 23.8. The molecule has 0 fully saturated rings. The highest BCUT2D eigenvalue weighted by molar-refractivity contribution is 9.10. The number of amides is 1. The molecule has 0 bridgehead atoms. The number of ether oxygens (including phenoxy) is 2. The summed E-state index contributed by atoms with van der Waals surface area (Å²) in [6.45, 7) is 5.96. The first-order valence-corrected chi connectivity index (χ1v) is 8.22. The third kappa shape index (κ3) is 4.47. The molecule has 1 aromatic heterocycles. The van der Waals surface area contributed by atoms with Crippen molar-refractivity contribution in [2.45, 2.75) is 32.9 Å². The normalized spacial score (nSPS) is 11.4. The average Bonchev–Trinajstić information content (AvgIpc) is 2.82. The smallest absolute Gasteiger partial charge is 0.407 e. The van der Waals surface area contributed by atoms with Crippen LogP contribution in [0.15, 0.2) is 22.7 Å². The Morgan fingerprint density at radius 2 is 2.04 bits per heavy atom. The van der Waals surface area contributed by atoms with Crippen molar-refractivity contribution in [2.24, 2.45) is 0 Å². The molecule has 0 saturated heterocycles. The van der Waals surface area contributed by atoms with E-state index in [-0.39, 0.29) is 6.54 Å².